The molecule has 5 N–H and O–H groups in total. The lowest BCUT2D eigenvalue weighted by atomic mass is 10.0. The van der Waals surface area contributed by atoms with Crippen LogP contribution in [0.4, 0.5) is 0 Å². The molecule has 1 aromatic carbocycles. The van der Waals surface area contributed by atoms with E-state index in [1.165, 1.54) is 0 Å². The van der Waals surface area contributed by atoms with Gasteiger partial charge in [-0.05, 0) is 24.1 Å². The number of hydrogen-bond acceptors (Lipinski definition) is 3. The Hall–Kier alpha value is -1.88. The molecular formula is C14H21N3O2. The van der Waals surface area contributed by atoms with Crippen molar-refractivity contribution in [2.24, 2.45) is 17.4 Å². The minimum absolute atomic E-state index is 0.0474. The number of rotatable bonds is 7. The summed E-state index contributed by atoms with van der Waals surface area (Å²) < 4.78 is 0. The van der Waals surface area contributed by atoms with Gasteiger partial charge in [-0.3, -0.25) is 9.59 Å². The van der Waals surface area contributed by atoms with Crippen LogP contribution in [-0.4, -0.2) is 18.4 Å². The van der Waals surface area contributed by atoms with Crippen LogP contribution in [0.25, 0.3) is 0 Å². The molecule has 0 aliphatic heterocycles. The van der Waals surface area contributed by atoms with Gasteiger partial charge in [0.1, 0.15) is 0 Å². The average molecular weight is 263 g/mol. The van der Waals surface area contributed by atoms with Crippen molar-refractivity contribution in [3.63, 3.8) is 0 Å². The van der Waals surface area contributed by atoms with Crippen LogP contribution in [0.5, 0.6) is 0 Å². The first-order valence-electron chi connectivity index (χ1n) is 6.45. The highest BCUT2D eigenvalue weighted by Crippen LogP contribution is 2.07. The monoisotopic (exact) mass is 263 g/mol. The molecule has 5 nitrogen and oxygen atoms in total. The number of nitrogens with two attached hydrogens (primary N) is 2. The lowest BCUT2D eigenvalue weighted by molar-refractivity contribution is -0.125. The summed E-state index contributed by atoms with van der Waals surface area (Å²) in [6.45, 7) is 2.74. The third-order valence-corrected chi connectivity index (χ3v) is 2.97. The molecule has 0 saturated heterocycles. The fraction of sp³-hybridized carbons (Fsp3) is 0.429. The number of primary amides is 1. The van der Waals surface area contributed by atoms with Crippen LogP contribution in [0.15, 0.2) is 24.3 Å². The van der Waals surface area contributed by atoms with Crippen molar-refractivity contribution in [1.82, 2.24) is 5.32 Å². The molecule has 5 heteroatoms. The van der Waals surface area contributed by atoms with Gasteiger partial charge in [0.2, 0.25) is 11.8 Å². The highest BCUT2D eigenvalue weighted by molar-refractivity contribution is 5.92. The normalized spacial score (nSPS) is 11.9. The van der Waals surface area contributed by atoms with Crippen molar-refractivity contribution in [3.8, 4) is 0 Å². The van der Waals surface area contributed by atoms with Crippen molar-refractivity contribution < 1.29 is 9.59 Å². The van der Waals surface area contributed by atoms with Gasteiger partial charge in [-0.2, -0.15) is 0 Å². The Balaban J connectivity index is 2.58. The van der Waals surface area contributed by atoms with Crippen molar-refractivity contribution >= 4 is 11.8 Å². The predicted molar refractivity (Wildman–Crippen MR) is 74.3 cm³/mol. The van der Waals surface area contributed by atoms with Crippen LogP contribution in [0.2, 0.25) is 0 Å². The van der Waals surface area contributed by atoms with Crippen molar-refractivity contribution in [3.05, 3.63) is 35.4 Å². The molecule has 1 unspecified atom stereocenters. The summed E-state index contributed by atoms with van der Waals surface area (Å²) in [6, 6.07) is 6.91. The van der Waals surface area contributed by atoms with E-state index in [1.54, 1.807) is 18.2 Å². The first-order chi connectivity index (χ1) is 9.08. The second-order valence-corrected chi connectivity index (χ2v) is 4.50. The summed E-state index contributed by atoms with van der Waals surface area (Å²) in [5.41, 5.74) is 12.1. The largest absolute Gasteiger partial charge is 0.366 e. The molecule has 0 radical (unpaired) electrons. The molecule has 0 heterocycles. The van der Waals surface area contributed by atoms with Gasteiger partial charge in [0.05, 0.1) is 5.92 Å². The Morgan fingerprint density at radius 3 is 2.68 bits per heavy atom. The number of benzene rings is 1. The van der Waals surface area contributed by atoms with Gasteiger partial charge < -0.3 is 16.8 Å². The zero-order valence-electron chi connectivity index (χ0n) is 11.2. The Morgan fingerprint density at radius 1 is 1.37 bits per heavy atom. The maximum atomic E-state index is 11.9. The first-order valence-corrected chi connectivity index (χ1v) is 6.45. The Labute approximate surface area is 113 Å². The summed E-state index contributed by atoms with van der Waals surface area (Å²) in [4.78, 5) is 22.9. The van der Waals surface area contributed by atoms with Crippen LogP contribution >= 0.6 is 0 Å². The van der Waals surface area contributed by atoms with E-state index in [1.807, 2.05) is 13.0 Å². The number of carbonyl (C=O) groups excluding carboxylic acids is 2. The molecule has 2 amide bonds. The maximum absolute atomic E-state index is 11.9. The number of nitrogens with one attached hydrogen (secondary N) is 1. The Kier molecular flexibility index (Phi) is 6.02. The minimum atomic E-state index is -0.473. The second kappa shape index (κ2) is 7.53. The topological polar surface area (TPSA) is 98.2 Å². The molecule has 0 saturated carbocycles. The van der Waals surface area contributed by atoms with Gasteiger partial charge in [-0.25, -0.2) is 0 Å². The molecule has 0 fully saturated rings. The SMILES string of the molecule is CCCC(CN)C(=O)NCc1cccc(C(N)=O)c1. The number of amides is 2. The zero-order valence-corrected chi connectivity index (χ0v) is 11.2. The van der Waals surface area contributed by atoms with E-state index in [2.05, 4.69) is 5.32 Å². The summed E-state index contributed by atoms with van der Waals surface area (Å²) >= 11 is 0. The summed E-state index contributed by atoms with van der Waals surface area (Å²) in [7, 11) is 0. The average Bonchev–Trinajstić information content (AvgIpc) is 2.42. The van der Waals surface area contributed by atoms with E-state index in [0.29, 0.717) is 18.7 Å². The number of carbonyl (C=O) groups is 2. The molecule has 0 spiro atoms. The van der Waals surface area contributed by atoms with Crippen LogP contribution in [0.1, 0.15) is 35.7 Å². The third-order valence-electron chi connectivity index (χ3n) is 2.97. The summed E-state index contributed by atoms with van der Waals surface area (Å²) in [5.74, 6) is -0.669. The highest BCUT2D eigenvalue weighted by atomic mass is 16.2. The van der Waals surface area contributed by atoms with E-state index in [-0.39, 0.29) is 11.8 Å². The van der Waals surface area contributed by atoms with E-state index >= 15 is 0 Å². The molecular weight excluding hydrogens is 242 g/mol. The van der Waals surface area contributed by atoms with Gasteiger partial charge in [0, 0.05) is 18.7 Å². The lowest BCUT2D eigenvalue weighted by Gasteiger charge is -2.14. The van der Waals surface area contributed by atoms with Crippen LogP contribution in [0.3, 0.4) is 0 Å². The van der Waals surface area contributed by atoms with E-state index < -0.39 is 5.91 Å². The van der Waals surface area contributed by atoms with Gasteiger partial charge in [0.15, 0.2) is 0 Å². The van der Waals surface area contributed by atoms with Gasteiger partial charge in [-0.15, -0.1) is 0 Å². The quantitative estimate of drug-likeness (QED) is 0.678. The lowest BCUT2D eigenvalue weighted by Crippen LogP contribution is -2.34. The molecule has 104 valence electrons. The van der Waals surface area contributed by atoms with Gasteiger partial charge in [-0.1, -0.05) is 25.5 Å². The standard InChI is InChI=1S/C14H21N3O2/c1-2-4-12(8-15)14(19)17-9-10-5-3-6-11(7-10)13(16)18/h3,5-7,12H,2,4,8-9,15H2,1H3,(H2,16,18)(H,17,19). The van der Waals surface area contributed by atoms with Gasteiger partial charge in [0.25, 0.3) is 0 Å². The smallest absolute Gasteiger partial charge is 0.248 e. The Bertz CT molecular complexity index is 446. The van der Waals surface area contributed by atoms with Crippen LogP contribution < -0.4 is 16.8 Å². The van der Waals surface area contributed by atoms with Crippen molar-refractivity contribution in [2.45, 2.75) is 26.3 Å². The fourth-order valence-electron chi connectivity index (χ4n) is 1.87. The van der Waals surface area contributed by atoms with E-state index in [0.717, 1.165) is 18.4 Å². The maximum Gasteiger partial charge on any atom is 0.248 e. The molecule has 1 aromatic rings. The van der Waals surface area contributed by atoms with Crippen molar-refractivity contribution in [1.29, 1.82) is 0 Å². The summed E-state index contributed by atoms with van der Waals surface area (Å²) in [6.07, 6.45) is 1.70. The molecule has 0 aromatic heterocycles. The number of hydrogen-bond donors (Lipinski definition) is 3. The molecule has 1 rings (SSSR count). The molecule has 19 heavy (non-hydrogen) atoms. The predicted octanol–water partition coefficient (Wildman–Crippen LogP) is 0.777. The van der Waals surface area contributed by atoms with Crippen LogP contribution in [-0.2, 0) is 11.3 Å². The van der Waals surface area contributed by atoms with Gasteiger partial charge >= 0.3 is 0 Å². The molecule has 0 aliphatic rings. The van der Waals surface area contributed by atoms with Crippen LogP contribution in [0, 0.1) is 5.92 Å². The zero-order chi connectivity index (χ0) is 14.3. The van der Waals surface area contributed by atoms with E-state index in [4.69, 9.17) is 11.5 Å². The highest BCUT2D eigenvalue weighted by Gasteiger charge is 2.15. The third kappa shape index (κ3) is 4.71. The molecule has 0 aliphatic carbocycles. The van der Waals surface area contributed by atoms with E-state index in [9.17, 15) is 9.59 Å². The molecule has 0 bridgehead atoms. The minimum Gasteiger partial charge on any atom is -0.366 e. The summed E-state index contributed by atoms with van der Waals surface area (Å²) in [5, 5.41) is 2.83. The fourth-order valence-corrected chi connectivity index (χ4v) is 1.87. The second-order valence-electron chi connectivity index (χ2n) is 4.50. The van der Waals surface area contributed by atoms with Crippen molar-refractivity contribution in [2.75, 3.05) is 6.54 Å². The Morgan fingerprint density at radius 2 is 2.11 bits per heavy atom. The first kappa shape index (κ1) is 15.2. The molecule has 1 atom stereocenters.